The van der Waals surface area contributed by atoms with Crippen LogP contribution in [0.25, 0.3) is 11.1 Å². The van der Waals surface area contributed by atoms with Gasteiger partial charge in [0.1, 0.15) is 17.2 Å². The molecule has 7 heteroatoms. The van der Waals surface area contributed by atoms with E-state index >= 15 is 0 Å². The maximum Gasteiger partial charge on any atom is 0.336 e. The molecular weight excluding hydrogens is 406 g/mol. The number of fused-ring (bicyclic) bond motifs is 1. The number of carboxylic acid groups (broad SMARTS) is 1. The Kier molecular flexibility index (Phi) is 5.18. The van der Waals surface area contributed by atoms with E-state index in [2.05, 4.69) is 5.32 Å². The maximum absolute atomic E-state index is 13.1. The number of carboxylic acids is 1. The second-order valence-electron chi connectivity index (χ2n) is 8.34. The van der Waals surface area contributed by atoms with Gasteiger partial charge in [-0.2, -0.15) is 0 Å². The first kappa shape index (κ1) is 21.1. The number of anilines is 1. The van der Waals surface area contributed by atoms with Gasteiger partial charge in [-0.05, 0) is 73.0 Å². The molecule has 0 aromatic heterocycles. The second kappa shape index (κ2) is 7.85. The first-order valence-corrected chi connectivity index (χ1v) is 10.1. The molecule has 32 heavy (non-hydrogen) atoms. The summed E-state index contributed by atoms with van der Waals surface area (Å²) in [6.07, 6.45) is 0.645. The van der Waals surface area contributed by atoms with Crippen LogP contribution in [-0.2, 0) is 6.42 Å². The molecule has 0 aliphatic carbocycles. The summed E-state index contributed by atoms with van der Waals surface area (Å²) in [7, 11) is 0. The van der Waals surface area contributed by atoms with Crippen molar-refractivity contribution in [2.24, 2.45) is 5.73 Å². The quantitative estimate of drug-likeness (QED) is 0.355. The molecule has 1 aliphatic heterocycles. The third-order valence-electron chi connectivity index (χ3n) is 5.35. The molecular formula is C25H23N3O4. The van der Waals surface area contributed by atoms with Crippen LogP contribution < -0.4 is 15.8 Å². The third kappa shape index (κ3) is 4.05. The van der Waals surface area contributed by atoms with E-state index in [1.54, 1.807) is 54.6 Å². The van der Waals surface area contributed by atoms with E-state index in [9.17, 15) is 14.7 Å². The predicted molar refractivity (Wildman–Crippen MR) is 123 cm³/mol. The zero-order chi connectivity index (χ0) is 23.0. The molecule has 162 valence electrons. The fourth-order valence-corrected chi connectivity index (χ4v) is 3.90. The highest BCUT2D eigenvalue weighted by atomic mass is 16.5. The first-order valence-electron chi connectivity index (χ1n) is 10.1. The summed E-state index contributed by atoms with van der Waals surface area (Å²) in [6.45, 7) is 3.90. The van der Waals surface area contributed by atoms with Crippen LogP contribution in [0.1, 0.15) is 45.7 Å². The number of ether oxygens (including phenoxy) is 1. The average molecular weight is 429 g/mol. The van der Waals surface area contributed by atoms with Crippen molar-refractivity contribution in [2.75, 3.05) is 5.32 Å². The fraction of sp³-hybridized carbons (Fsp3) is 0.160. The van der Waals surface area contributed by atoms with Crippen LogP contribution in [0.4, 0.5) is 5.69 Å². The molecule has 0 bridgehead atoms. The van der Waals surface area contributed by atoms with Crippen LogP contribution in [0.5, 0.6) is 5.75 Å². The number of nitrogens with two attached hydrogens (primary N) is 1. The van der Waals surface area contributed by atoms with Gasteiger partial charge < -0.3 is 20.9 Å². The lowest BCUT2D eigenvalue weighted by atomic mass is 9.91. The number of amidine groups is 1. The highest BCUT2D eigenvalue weighted by Gasteiger charge is 2.32. The second-order valence-corrected chi connectivity index (χ2v) is 8.34. The summed E-state index contributed by atoms with van der Waals surface area (Å²) in [5, 5.41) is 20.1. The van der Waals surface area contributed by atoms with Crippen molar-refractivity contribution in [3.05, 3.63) is 82.9 Å². The monoisotopic (exact) mass is 429 g/mol. The van der Waals surface area contributed by atoms with E-state index in [0.717, 1.165) is 5.56 Å². The molecule has 3 aromatic carbocycles. The highest BCUT2D eigenvalue weighted by Crippen LogP contribution is 2.40. The molecule has 0 unspecified atom stereocenters. The Balaban J connectivity index is 1.73. The zero-order valence-electron chi connectivity index (χ0n) is 17.7. The number of rotatable bonds is 5. The van der Waals surface area contributed by atoms with Gasteiger partial charge in [-0.1, -0.05) is 18.2 Å². The van der Waals surface area contributed by atoms with Gasteiger partial charge in [0.25, 0.3) is 5.91 Å². The molecule has 0 spiro atoms. The SMILES string of the molecule is CC1(C)Cc2cc(-c3ccccc3C(=O)Nc3ccc(C(=N)N)cc3)c(C(=O)O)cc2O1. The number of benzene rings is 3. The number of carbonyl (C=O) groups excluding carboxylic acids is 1. The standard InChI is InChI=1S/C25H23N3O4/c1-25(2)13-15-11-19(20(24(30)31)12-21(15)32-25)17-5-3-4-6-18(17)23(29)28-16-9-7-14(8-10-16)22(26)27/h3-12H,13H2,1-2H3,(H3,26,27)(H,28,29)(H,30,31). The van der Waals surface area contributed by atoms with Gasteiger partial charge >= 0.3 is 5.97 Å². The Labute approximate surface area is 185 Å². The summed E-state index contributed by atoms with van der Waals surface area (Å²) >= 11 is 0. The van der Waals surface area contributed by atoms with E-state index in [1.165, 1.54) is 6.07 Å². The zero-order valence-corrected chi connectivity index (χ0v) is 17.7. The molecule has 0 atom stereocenters. The van der Waals surface area contributed by atoms with Gasteiger partial charge in [-0.3, -0.25) is 10.2 Å². The van der Waals surface area contributed by atoms with E-state index in [4.69, 9.17) is 15.9 Å². The molecule has 1 aliphatic rings. The average Bonchev–Trinajstić information content (AvgIpc) is 3.05. The van der Waals surface area contributed by atoms with Gasteiger partial charge in [0.15, 0.2) is 0 Å². The molecule has 5 N–H and O–H groups in total. The Morgan fingerprint density at radius 1 is 1.03 bits per heavy atom. The number of hydrogen-bond donors (Lipinski definition) is 4. The van der Waals surface area contributed by atoms with Crippen molar-refractivity contribution >= 4 is 23.4 Å². The molecule has 7 nitrogen and oxygen atoms in total. The predicted octanol–water partition coefficient (Wildman–Crippen LogP) is 4.30. The van der Waals surface area contributed by atoms with Gasteiger partial charge in [0.05, 0.1) is 5.56 Å². The highest BCUT2D eigenvalue weighted by molar-refractivity contribution is 6.10. The number of hydrogen-bond acceptors (Lipinski definition) is 4. The lowest BCUT2D eigenvalue weighted by molar-refractivity contribution is 0.0696. The minimum Gasteiger partial charge on any atom is -0.487 e. The van der Waals surface area contributed by atoms with Crippen molar-refractivity contribution in [1.29, 1.82) is 5.41 Å². The van der Waals surface area contributed by atoms with Crippen molar-refractivity contribution in [3.63, 3.8) is 0 Å². The Morgan fingerprint density at radius 2 is 1.72 bits per heavy atom. The van der Waals surface area contributed by atoms with E-state index < -0.39 is 11.6 Å². The number of nitrogen functional groups attached to an aromatic ring is 1. The lowest BCUT2D eigenvalue weighted by Crippen LogP contribution is -2.24. The Morgan fingerprint density at radius 3 is 2.38 bits per heavy atom. The van der Waals surface area contributed by atoms with Gasteiger partial charge in [-0.25, -0.2) is 4.79 Å². The lowest BCUT2D eigenvalue weighted by Gasteiger charge is -2.17. The molecule has 0 saturated heterocycles. The molecule has 0 saturated carbocycles. The van der Waals surface area contributed by atoms with Crippen molar-refractivity contribution in [3.8, 4) is 16.9 Å². The van der Waals surface area contributed by atoms with Crippen molar-refractivity contribution in [2.45, 2.75) is 25.9 Å². The summed E-state index contributed by atoms with van der Waals surface area (Å²) in [6, 6.07) is 16.9. The number of carbonyl (C=O) groups is 2. The molecule has 0 fully saturated rings. The number of aromatic carboxylic acids is 1. The van der Waals surface area contributed by atoms with Gasteiger partial charge in [0, 0.05) is 23.2 Å². The molecule has 1 amide bonds. The van der Waals surface area contributed by atoms with Crippen LogP contribution in [0, 0.1) is 5.41 Å². The smallest absolute Gasteiger partial charge is 0.336 e. The van der Waals surface area contributed by atoms with Crippen LogP contribution in [0.15, 0.2) is 60.7 Å². The number of nitrogens with one attached hydrogen (secondary N) is 2. The molecule has 4 rings (SSSR count). The summed E-state index contributed by atoms with van der Waals surface area (Å²) in [5.41, 5.74) is 8.47. The van der Waals surface area contributed by atoms with Gasteiger partial charge in [0.2, 0.25) is 0 Å². The third-order valence-corrected chi connectivity index (χ3v) is 5.35. The summed E-state index contributed by atoms with van der Waals surface area (Å²) in [5.74, 6) is -0.961. The first-order chi connectivity index (χ1) is 15.1. The minimum atomic E-state index is -1.09. The van der Waals surface area contributed by atoms with E-state index in [0.29, 0.717) is 40.1 Å². The topological polar surface area (TPSA) is 126 Å². The van der Waals surface area contributed by atoms with E-state index in [-0.39, 0.29) is 17.3 Å². The molecule has 0 radical (unpaired) electrons. The normalized spacial score (nSPS) is 13.7. The Hall–Kier alpha value is -4.13. The van der Waals surface area contributed by atoms with Crippen molar-refractivity contribution in [1.82, 2.24) is 0 Å². The van der Waals surface area contributed by atoms with Crippen LogP contribution in [-0.4, -0.2) is 28.4 Å². The molecule has 3 aromatic rings. The maximum atomic E-state index is 13.1. The van der Waals surface area contributed by atoms with Gasteiger partial charge in [-0.15, -0.1) is 0 Å². The largest absolute Gasteiger partial charge is 0.487 e. The van der Waals surface area contributed by atoms with Crippen molar-refractivity contribution < 1.29 is 19.4 Å². The van der Waals surface area contributed by atoms with E-state index in [1.807, 2.05) is 13.8 Å². The van der Waals surface area contributed by atoms with Crippen LogP contribution in [0.2, 0.25) is 0 Å². The summed E-state index contributed by atoms with van der Waals surface area (Å²) < 4.78 is 5.89. The van der Waals surface area contributed by atoms with Crippen LogP contribution >= 0.6 is 0 Å². The van der Waals surface area contributed by atoms with Crippen LogP contribution in [0.3, 0.4) is 0 Å². The summed E-state index contributed by atoms with van der Waals surface area (Å²) in [4.78, 5) is 25.1. The molecule has 1 heterocycles. The Bertz CT molecular complexity index is 1250. The minimum absolute atomic E-state index is 0.0572. The number of amides is 1. The fourth-order valence-electron chi connectivity index (χ4n) is 3.90.